The standard InChI is InChI=1S/C11H14FNO3/c1-2-6-15-7-8-16-11(14)9-4-3-5-10(12)13-9/h3-5H,2,6-8H2,1H3. The van der Waals surface area contributed by atoms with Crippen molar-refractivity contribution in [2.75, 3.05) is 19.8 Å². The lowest BCUT2D eigenvalue weighted by Gasteiger charge is -2.04. The highest BCUT2D eigenvalue weighted by Crippen LogP contribution is 2.00. The van der Waals surface area contributed by atoms with Gasteiger partial charge in [-0.05, 0) is 18.6 Å². The Labute approximate surface area is 93.4 Å². The molecule has 1 rings (SSSR count). The molecule has 5 heteroatoms. The molecule has 0 radical (unpaired) electrons. The fraction of sp³-hybridized carbons (Fsp3) is 0.455. The zero-order valence-corrected chi connectivity index (χ0v) is 9.11. The third-order valence-corrected chi connectivity index (χ3v) is 1.73. The second kappa shape index (κ2) is 6.90. The zero-order valence-electron chi connectivity index (χ0n) is 9.11. The van der Waals surface area contributed by atoms with Crippen LogP contribution in [0.2, 0.25) is 0 Å². The number of esters is 1. The Bertz CT molecular complexity index is 344. The first-order valence-corrected chi connectivity index (χ1v) is 5.11. The van der Waals surface area contributed by atoms with Crippen molar-refractivity contribution >= 4 is 5.97 Å². The molecule has 4 nitrogen and oxygen atoms in total. The van der Waals surface area contributed by atoms with Crippen LogP contribution in [-0.4, -0.2) is 30.8 Å². The van der Waals surface area contributed by atoms with Gasteiger partial charge in [0.25, 0.3) is 0 Å². The fourth-order valence-corrected chi connectivity index (χ4v) is 1.04. The highest BCUT2D eigenvalue weighted by molar-refractivity contribution is 5.87. The normalized spacial score (nSPS) is 10.1. The van der Waals surface area contributed by atoms with Gasteiger partial charge in [0.15, 0.2) is 5.69 Å². The van der Waals surface area contributed by atoms with Crippen LogP contribution < -0.4 is 0 Å². The lowest BCUT2D eigenvalue weighted by atomic mass is 10.3. The summed E-state index contributed by atoms with van der Waals surface area (Å²) in [6, 6.07) is 3.98. The van der Waals surface area contributed by atoms with Crippen LogP contribution in [0.15, 0.2) is 18.2 Å². The molecular formula is C11H14FNO3. The van der Waals surface area contributed by atoms with Gasteiger partial charge < -0.3 is 9.47 Å². The second-order valence-electron chi connectivity index (χ2n) is 3.09. The maximum Gasteiger partial charge on any atom is 0.357 e. The summed E-state index contributed by atoms with van der Waals surface area (Å²) in [5, 5.41) is 0. The van der Waals surface area contributed by atoms with Crippen LogP contribution in [-0.2, 0) is 9.47 Å². The van der Waals surface area contributed by atoms with Gasteiger partial charge in [0.05, 0.1) is 6.61 Å². The summed E-state index contributed by atoms with van der Waals surface area (Å²) in [6.07, 6.45) is 0.916. The molecule has 0 amide bonds. The molecule has 0 aliphatic carbocycles. The Hall–Kier alpha value is -1.49. The van der Waals surface area contributed by atoms with Crippen molar-refractivity contribution in [1.29, 1.82) is 0 Å². The quantitative estimate of drug-likeness (QED) is 0.422. The second-order valence-corrected chi connectivity index (χ2v) is 3.09. The Balaban J connectivity index is 2.30. The summed E-state index contributed by atoms with van der Waals surface area (Å²) >= 11 is 0. The minimum absolute atomic E-state index is 0.0320. The van der Waals surface area contributed by atoms with Crippen molar-refractivity contribution in [3.05, 3.63) is 29.8 Å². The van der Waals surface area contributed by atoms with Crippen molar-refractivity contribution in [1.82, 2.24) is 4.98 Å². The zero-order chi connectivity index (χ0) is 11.8. The molecule has 0 fully saturated rings. The minimum Gasteiger partial charge on any atom is -0.459 e. The van der Waals surface area contributed by atoms with E-state index in [1.54, 1.807) is 0 Å². The Morgan fingerprint density at radius 1 is 1.38 bits per heavy atom. The van der Waals surface area contributed by atoms with E-state index >= 15 is 0 Å². The number of carbonyl (C=O) groups is 1. The fourth-order valence-electron chi connectivity index (χ4n) is 1.04. The maximum absolute atomic E-state index is 12.7. The van der Waals surface area contributed by atoms with Crippen LogP contribution in [0.25, 0.3) is 0 Å². The predicted molar refractivity (Wildman–Crippen MR) is 55.6 cm³/mol. The van der Waals surface area contributed by atoms with Crippen molar-refractivity contribution in [2.45, 2.75) is 13.3 Å². The molecule has 0 unspecified atom stereocenters. The number of pyridine rings is 1. The molecule has 1 heterocycles. The number of aromatic nitrogens is 1. The lowest BCUT2D eigenvalue weighted by molar-refractivity contribution is 0.0312. The molecule has 16 heavy (non-hydrogen) atoms. The topological polar surface area (TPSA) is 48.4 Å². The lowest BCUT2D eigenvalue weighted by Crippen LogP contribution is -2.12. The Morgan fingerprint density at radius 3 is 2.88 bits per heavy atom. The first kappa shape index (κ1) is 12.6. The highest BCUT2D eigenvalue weighted by atomic mass is 19.1. The molecule has 0 atom stereocenters. The van der Waals surface area contributed by atoms with Gasteiger partial charge in [-0.3, -0.25) is 0 Å². The van der Waals surface area contributed by atoms with Crippen LogP contribution in [0.4, 0.5) is 4.39 Å². The van der Waals surface area contributed by atoms with Crippen LogP contribution in [0.5, 0.6) is 0 Å². The van der Waals surface area contributed by atoms with E-state index in [-0.39, 0.29) is 12.3 Å². The SMILES string of the molecule is CCCOCCOC(=O)c1cccc(F)n1. The largest absolute Gasteiger partial charge is 0.459 e. The van der Waals surface area contributed by atoms with E-state index in [9.17, 15) is 9.18 Å². The highest BCUT2D eigenvalue weighted by Gasteiger charge is 2.08. The van der Waals surface area contributed by atoms with Crippen LogP contribution in [0, 0.1) is 5.95 Å². The third kappa shape index (κ3) is 4.35. The van der Waals surface area contributed by atoms with Gasteiger partial charge in [-0.2, -0.15) is 4.39 Å². The van der Waals surface area contributed by atoms with E-state index in [1.807, 2.05) is 6.92 Å². The van der Waals surface area contributed by atoms with Crippen LogP contribution in [0.3, 0.4) is 0 Å². The molecule has 88 valence electrons. The summed E-state index contributed by atoms with van der Waals surface area (Å²) in [5.74, 6) is -1.34. The molecule has 1 aromatic rings. The molecule has 0 aliphatic heterocycles. The number of ether oxygens (including phenoxy) is 2. The average molecular weight is 227 g/mol. The Kier molecular flexibility index (Phi) is 5.42. The minimum atomic E-state index is -0.698. The molecule has 0 N–H and O–H groups in total. The van der Waals surface area contributed by atoms with E-state index in [4.69, 9.17) is 9.47 Å². The average Bonchev–Trinajstić information content (AvgIpc) is 2.28. The van der Waals surface area contributed by atoms with Gasteiger partial charge >= 0.3 is 5.97 Å². The molecular weight excluding hydrogens is 213 g/mol. The molecule has 0 saturated carbocycles. The van der Waals surface area contributed by atoms with E-state index in [0.29, 0.717) is 13.2 Å². The summed E-state index contributed by atoms with van der Waals surface area (Å²) in [4.78, 5) is 14.7. The number of hydrogen-bond donors (Lipinski definition) is 0. The van der Waals surface area contributed by atoms with Gasteiger partial charge in [0, 0.05) is 6.61 Å². The monoisotopic (exact) mass is 227 g/mol. The van der Waals surface area contributed by atoms with Crippen LogP contribution >= 0.6 is 0 Å². The van der Waals surface area contributed by atoms with Gasteiger partial charge in [-0.1, -0.05) is 13.0 Å². The number of rotatable bonds is 6. The maximum atomic E-state index is 12.7. The van der Waals surface area contributed by atoms with Gasteiger partial charge in [-0.25, -0.2) is 9.78 Å². The van der Waals surface area contributed by atoms with Gasteiger partial charge in [-0.15, -0.1) is 0 Å². The summed E-state index contributed by atoms with van der Waals surface area (Å²) in [6.45, 7) is 3.12. The summed E-state index contributed by atoms with van der Waals surface area (Å²) < 4.78 is 22.6. The molecule has 0 aromatic carbocycles. The number of carbonyl (C=O) groups excluding carboxylic acids is 1. The predicted octanol–water partition coefficient (Wildman–Crippen LogP) is 1.80. The van der Waals surface area contributed by atoms with E-state index in [1.165, 1.54) is 18.2 Å². The smallest absolute Gasteiger partial charge is 0.357 e. The Morgan fingerprint density at radius 2 is 2.19 bits per heavy atom. The van der Waals surface area contributed by atoms with Crippen molar-refractivity contribution < 1.29 is 18.7 Å². The van der Waals surface area contributed by atoms with Crippen molar-refractivity contribution in [3.8, 4) is 0 Å². The number of nitrogens with zero attached hydrogens (tertiary/aromatic N) is 1. The molecule has 0 bridgehead atoms. The van der Waals surface area contributed by atoms with Crippen LogP contribution in [0.1, 0.15) is 23.8 Å². The van der Waals surface area contributed by atoms with E-state index < -0.39 is 11.9 Å². The molecule has 0 aliphatic rings. The first-order chi connectivity index (χ1) is 7.74. The van der Waals surface area contributed by atoms with Crippen molar-refractivity contribution in [2.24, 2.45) is 0 Å². The number of halogens is 1. The summed E-state index contributed by atoms with van der Waals surface area (Å²) in [5.41, 5.74) is -0.0320. The van der Waals surface area contributed by atoms with E-state index in [0.717, 1.165) is 6.42 Å². The summed E-state index contributed by atoms with van der Waals surface area (Å²) in [7, 11) is 0. The molecule has 0 spiro atoms. The van der Waals surface area contributed by atoms with Gasteiger partial charge in [0.1, 0.15) is 6.61 Å². The first-order valence-electron chi connectivity index (χ1n) is 5.11. The molecule has 0 saturated heterocycles. The van der Waals surface area contributed by atoms with Crippen molar-refractivity contribution in [3.63, 3.8) is 0 Å². The van der Waals surface area contributed by atoms with Gasteiger partial charge in [0.2, 0.25) is 5.95 Å². The van der Waals surface area contributed by atoms with E-state index in [2.05, 4.69) is 4.98 Å². The number of hydrogen-bond acceptors (Lipinski definition) is 4. The molecule has 1 aromatic heterocycles. The third-order valence-electron chi connectivity index (χ3n) is 1.73.